The van der Waals surface area contributed by atoms with Gasteiger partial charge in [-0.15, -0.1) is 0 Å². The maximum Gasteiger partial charge on any atom is 0.194 e. The summed E-state index contributed by atoms with van der Waals surface area (Å²) in [5, 5.41) is 0.602. The number of anilines is 1. The van der Waals surface area contributed by atoms with Crippen LogP contribution in [0, 0.1) is 6.92 Å². The summed E-state index contributed by atoms with van der Waals surface area (Å²) in [5.41, 5.74) is 7.91. The van der Waals surface area contributed by atoms with Crippen molar-refractivity contribution in [3.63, 3.8) is 0 Å². The summed E-state index contributed by atoms with van der Waals surface area (Å²) < 4.78 is 5.80. The van der Waals surface area contributed by atoms with Crippen LogP contribution in [0.3, 0.4) is 0 Å². The van der Waals surface area contributed by atoms with Gasteiger partial charge in [-0.25, -0.2) is 0 Å². The fourth-order valence-corrected chi connectivity index (χ4v) is 2.90. The number of nitrogens with two attached hydrogens (primary N) is 1. The van der Waals surface area contributed by atoms with E-state index in [1.165, 1.54) is 19.2 Å². The average Bonchev–Trinajstić information content (AvgIpc) is 2.44. The maximum atomic E-state index is 12.7. The molecule has 0 saturated heterocycles. The van der Waals surface area contributed by atoms with Gasteiger partial charge in [-0.3, -0.25) is 4.79 Å². The minimum absolute atomic E-state index is 0.241. The van der Waals surface area contributed by atoms with Crippen LogP contribution in [0.4, 0.5) is 5.69 Å². The quantitative estimate of drug-likeness (QED) is 0.601. The van der Waals surface area contributed by atoms with Crippen molar-refractivity contribution >= 4 is 50.6 Å². The summed E-state index contributed by atoms with van der Waals surface area (Å²) in [6.07, 6.45) is 0. The number of ketones is 1. The summed E-state index contributed by atoms with van der Waals surface area (Å²) >= 11 is 15.6. The molecule has 0 aromatic heterocycles. The normalized spacial score (nSPS) is 10.5. The smallest absolute Gasteiger partial charge is 0.194 e. The van der Waals surface area contributed by atoms with Crippen LogP contribution in [-0.2, 0) is 0 Å². The fourth-order valence-electron chi connectivity index (χ4n) is 1.94. The molecule has 2 aromatic rings. The Labute approximate surface area is 141 Å². The van der Waals surface area contributed by atoms with Gasteiger partial charge in [-0.2, -0.15) is 0 Å². The molecule has 0 heterocycles. The van der Waals surface area contributed by atoms with Gasteiger partial charge in [0, 0.05) is 27.4 Å². The lowest BCUT2D eigenvalue weighted by Gasteiger charge is -2.11. The molecular formula is C15H12BrCl2NO2. The van der Waals surface area contributed by atoms with Crippen LogP contribution in [0.15, 0.2) is 28.7 Å². The van der Waals surface area contributed by atoms with Crippen molar-refractivity contribution in [1.82, 2.24) is 0 Å². The van der Waals surface area contributed by atoms with E-state index in [-0.39, 0.29) is 10.8 Å². The third-order valence-electron chi connectivity index (χ3n) is 3.14. The molecule has 0 unspecified atom stereocenters. The van der Waals surface area contributed by atoms with Gasteiger partial charge in [0.15, 0.2) is 5.78 Å². The predicted molar refractivity (Wildman–Crippen MR) is 89.7 cm³/mol. The van der Waals surface area contributed by atoms with Crippen LogP contribution in [0.2, 0.25) is 10.0 Å². The standard InChI is InChI=1S/C15H12BrCl2NO2/c1-7-9(3-8(16)4-13(7)19)15(20)10-5-12(18)14(21-2)6-11(10)17/h3-6H,19H2,1-2H3. The van der Waals surface area contributed by atoms with Crippen LogP contribution < -0.4 is 10.5 Å². The second-order valence-electron chi connectivity index (χ2n) is 4.46. The Bertz CT molecular complexity index is 732. The average molecular weight is 389 g/mol. The minimum atomic E-state index is -0.241. The van der Waals surface area contributed by atoms with Crippen molar-refractivity contribution in [3.8, 4) is 5.75 Å². The van der Waals surface area contributed by atoms with E-state index in [0.29, 0.717) is 33.1 Å². The number of nitrogen functional groups attached to an aromatic ring is 1. The van der Waals surface area contributed by atoms with Crippen molar-refractivity contribution in [2.24, 2.45) is 0 Å². The molecule has 0 radical (unpaired) electrons. The zero-order valence-electron chi connectivity index (χ0n) is 11.3. The van der Waals surface area contributed by atoms with Crippen molar-refractivity contribution in [2.75, 3.05) is 12.8 Å². The van der Waals surface area contributed by atoms with E-state index < -0.39 is 0 Å². The molecule has 21 heavy (non-hydrogen) atoms. The Kier molecular flexibility index (Phi) is 4.81. The van der Waals surface area contributed by atoms with Gasteiger partial charge in [-0.05, 0) is 30.7 Å². The van der Waals surface area contributed by atoms with E-state index in [2.05, 4.69) is 15.9 Å². The molecule has 110 valence electrons. The molecule has 0 aliphatic rings. The highest BCUT2D eigenvalue weighted by Crippen LogP contribution is 2.33. The number of halogens is 3. The van der Waals surface area contributed by atoms with Gasteiger partial charge in [0.05, 0.1) is 17.2 Å². The first-order valence-corrected chi connectivity index (χ1v) is 7.53. The molecule has 6 heteroatoms. The molecule has 2 aromatic carbocycles. The second kappa shape index (κ2) is 6.26. The van der Waals surface area contributed by atoms with Crippen LogP contribution in [0.1, 0.15) is 21.5 Å². The van der Waals surface area contributed by atoms with Crippen molar-refractivity contribution in [1.29, 1.82) is 0 Å². The van der Waals surface area contributed by atoms with Crippen molar-refractivity contribution < 1.29 is 9.53 Å². The minimum Gasteiger partial charge on any atom is -0.495 e. The Morgan fingerprint density at radius 3 is 2.43 bits per heavy atom. The molecular weight excluding hydrogens is 377 g/mol. The lowest BCUT2D eigenvalue weighted by Crippen LogP contribution is -2.07. The molecule has 0 atom stereocenters. The lowest BCUT2D eigenvalue weighted by molar-refractivity contribution is 0.103. The van der Waals surface area contributed by atoms with Gasteiger partial charge >= 0.3 is 0 Å². The van der Waals surface area contributed by atoms with Gasteiger partial charge in [0.1, 0.15) is 5.75 Å². The molecule has 0 aliphatic carbocycles. The molecule has 0 spiro atoms. The number of hydrogen-bond donors (Lipinski definition) is 1. The zero-order chi connectivity index (χ0) is 15.7. The topological polar surface area (TPSA) is 52.3 Å². The van der Waals surface area contributed by atoms with Crippen molar-refractivity contribution in [3.05, 3.63) is 55.5 Å². The Morgan fingerprint density at radius 1 is 1.14 bits per heavy atom. The van der Waals surface area contributed by atoms with Crippen LogP contribution in [0.25, 0.3) is 0 Å². The summed E-state index contributed by atoms with van der Waals surface area (Å²) in [6.45, 7) is 1.79. The monoisotopic (exact) mass is 387 g/mol. The van der Waals surface area contributed by atoms with Crippen LogP contribution in [0.5, 0.6) is 5.75 Å². The molecule has 0 fully saturated rings. The first-order chi connectivity index (χ1) is 9.85. The molecule has 0 bridgehead atoms. The third-order valence-corrected chi connectivity index (χ3v) is 4.21. The number of ether oxygens (including phenoxy) is 1. The molecule has 0 amide bonds. The zero-order valence-corrected chi connectivity index (χ0v) is 14.4. The highest BCUT2D eigenvalue weighted by molar-refractivity contribution is 9.10. The fraction of sp³-hybridized carbons (Fsp3) is 0.133. The highest BCUT2D eigenvalue weighted by atomic mass is 79.9. The molecule has 0 saturated carbocycles. The van der Waals surface area contributed by atoms with Gasteiger partial charge in [-0.1, -0.05) is 39.1 Å². The number of methoxy groups -OCH3 is 1. The van der Waals surface area contributed by atoms with E-state index >= 15 is 0 Å². The van der Waals surface area contributed by atoms with Gasteiger partial charge in [0.25, 0.3) is 0 Å². The van der Waals surface area contributed by atoms with E-state index in [4.69, 9.17) is 33.7 Å². The first kappa shape index (κ1) is 16.1. The number of rotatable bonds is 3. The van der Waals surface area contributed by atoms with E-state index in [1.54, 1.807) is 19.1 Å². The van der Waals surface area contributed by atoms with E-state index in [9.17, 15) is 4.79 Å². The lowest BCUT2D eigenvalue weighted by atomic mass is 9.98. The van der Waals surface area contributed by atoms with Crippen LogP contribution in [-0.4, -0.2) is 12.9 Å². The van der Waals surface area contributed by atoms with Crippen LogP contribution >= 0.6 is 39.1 Å². The Balaban J connectivity index is 2.58. The van der Waals surface area contributed by atoms with Crippen molar-refractivity contribution in [2.45, 2.75) is 6.92 Å². The number of benzene rings is 2. The molecule has 0 aliphatic heterocycles. The van der Waals surface area contributed by atoms with Gasteiger partial charge in [0.2, 0.25) is 0 Å². The van der Waals surface area contributed by atoms with E-state index in [0.717, 1.165) is 4.47 Å². The molecule has 2 N–H and O–H groups in total. The number of hydrogen-bond acceptors (Lipinski definition) is 3. The predicted octanol–water partition coefficient (Wildman–Crippen LogP) is 4.89. The number of carbonyl (C=O) groups excluding carboxylic acids is 1. The summed E-state index contributed by atoms with van der Waals surface area (Å²) in [6, 6.07) is 6.48. The van der Waals surface area contributed by atoms with E-state index in [1.807, 2.05) is 0 Å². The highest BCUT2D eigenvalue weighted by Gasteiger charge is 2.19. The summed E-state index contributed by atoms with van der Waals surface area (Å²) in [4.78, 5) is 12.7. The summed E-state index contributed by atoms with van der Waals surface area (Å²) in [5.74, 6) is 0.179. The molecule has 3 nitrogen and oxygen atoms in total. The Morgan fingerprint density at radius 2 is 1.81 bits per heavy atom. The third kappa shape index (κ3) is 3.18. The van der Waals surface area contributed by atoms with Gasteiger partial charge < -0.3 is 10.5 Å². The largest absolute Gasteiger partial charge is 0.495 e. The maximum absolute atomic E-state index is 12.7. The Hall–Kier alpha value is -1.23. The molecule has 2 rings (SSSR count). The first-order valence-electron chi connectivity index (χ1n) is 5.98. The number of carbonyl (C=O) groups is 1. The summed E-state index contributed by atoms with van der Waals surface area (Å²) in [7, 11) is 1.48. The SMILES string of the molecule is COc1cc(Cl)c(C(=O)c2cc(Br)cc(N)c2C)cc1Cl. The second-order valence-corrected chi connectivity index (χ2v) is 6.19.